The van der Waals surface area contributed by atoms with Crippen molar-refractivity contribution in [3.8, 4) is 0 Å². The van der Waals surface area contributed by atoms with Crippen LogP contribution in [0.1, 0.15) is 30.5 Å². The Morgan fingerprint density at radius 2 is 2.00 bits per heavy atom. The minimum absolute atomic E-state index is 0. The molecule has 2 rings (SSSR count). The first-order chi connectivity index (χ1) is 7.98. The topological polar surface area (TPSA) is 52.0 Å². The summed E-state index contributed by atoms with van der Waals surface area (Å²) in [4.78, 5) is 3.81. The average Bonchev–Trinajstić information content (AvgIpc) is 2.80. The largest absolute Gasteiger partial charge is 0.447 e. The molecule has 0 aliphatic rings. The lowest BCUT2D eigenvalue weighted by Gasteiger charge is -2.11. The van der Waals surface area contributed by atoms with Gasteiger partial charge in [0, 0.05) is 0 Å². The van der Waals surface area contributed by atoms with Crippen molar-refractivity contribution in [1.29, 1.82) is 0 Å². The fraction of sp³-hybridized carbons (Fsp3) is 0.250. The molecule has 1 atom stereocenters. The highest BCUT2D eigenvalue weighted by atomic mass is 19.4. The van der Waals surface area contributed by atoms with Crippen molar-refractivity contribution in [3.05, 3.63) is 53.7 Å². The van der Waals surface area contributed by atoms with Crippen molar-refractivity contribution < 1.29 is 17.6 Å². The lowest BCUT2D eigenvalue weighted by Crippen LogP contribution is -2.14. The van der Waals surface area contributed by atoms with Gasteiger partial charge in [-0.15, -0.1) is 0 Å². The summed E-state index contributed by atoms with van der Waals surface area (Å²) in [5.41, 5.74) is 5.32. The van der Waals surface area contributed by atoms with Crippen LogP contribution in [0, 0.1) is 0 Å². The van der Waals surface area contributed by atoms with Crippen molar-refractivity contribution >= 4 is 0 Å². The Labute approximate surface area is 102 Å². The Hall–Kier alpha value is -1.82. The van der Waals surface area contributed by atoms with Crippen molar-refractivity contribution in [2.24, 2.45) is 5.73 Å². The fourth-order valence-corrected chi connectivity index (χ4v) is 1.44. The number of nitrogens with two attached hydrogens (primary N) is 1. The van der Waals surface area contributed by atoms with Gasteiger partial charge in [0.15, 0.2) is 0 Å². The summed E-state index contributed by atoms with van der Waals surface area (Å²) in [6, 6.07) is 4.00. The quantitative estimate of drug-likeness (QED) is 0.898. The highest BCUT2D eigenvalue weighted by Crippen LogP contribution is 2.31. The molecule has 1 aromatic carbocycles. The number of hydrogen-bond acceptors (Lipinski definition) is 3. The number of oxazole rings is 1. The molecule has 18 heavy (non-hydrogen) atoms. The second-order valence-electron chi connectivity index (χ2n) is 3.47. The number of hydrogen-bond donors (Lipinski definition) is 1. The van der Waals surface area contributed by atoms with Crippen LogP contribution in [0.25, 0.3) is 0 Å². The van der Waals surface area contributed by atoms with Crippen LogP contribution in [0.5, 0.6) is 0 Å². The molecule has 1 heterocycles. The van der Waals surface area contributed by atoms with Crippen LogP contribution in [-0.2, 0) is 6.18 Å². The van der Waals surface area contributed by atoms with Crippen LogP contribution in [0.4, 0.5) is 13.2 Å². The Morgan fingerprint density at radius 1 is 1.28 bits per heavy atom. The summed E-state index contributed by atoms with van der Waals surface area (Å²) >= 11 is 0. The predicted octanol–water partition coefficient (Wildman–Crippen LogP) is 3.38. The van der Waals surface area contributed by atoms with Crippen molar-refractivity contribution in [2.45, 2.75) is 19.6 Å². The number of halogens is 3. The first-order valence-electron chi connectivity index (χ1n) is 4.80. The number of rotatable bonds is 2. The number of nitrogens with zero attached hydrogens (tertiary/aromatic N) is 1. The van der Waals surface area contributed by atoms with Gasteiger partial charge >= 0.3 is 6.18 Å². The van der Waals surface area contributed by atoms with Gasteiger partial charge in [-0.3, -0.25) is 0 Å². The molecule has 0 fully saturated rings. The second-order valence-corrected chi connectivity index (χ2v) is 3.47. The molecule has 6 heteroatoms. The monoisotopic (exact) mass is 258 g/mol. The zero-order valence-electron chi connectivity index (χ0n) is 8.61. The lowest BCUT2D eigenvalue weighted by molar-refractivity contribution is -0.137. The molecule has 0 spiro atoms. The number of benzene rings is 1. The summed E-state index contributed by atoms with van der Waals surface area (Å²) < 4.78 is 42.4. The summed E-state index contributed by atoms with van der Waals surface area (Å²) in [5.74, 6) is 0.185. The van der Waals surface area contributed by atoms with Gasteiger partial charge in [-0.1, -0.05) is 19.6 Å². The Morgan fingerprint density at radius 3 is 2.56 bits per heavy atom. The minimum atomic E-state index is -4.38. The zero-order chi connectivity index (χ0) is 12.5. The maximum atomic E-state index is 12.5. The smallest absolute Gasteiger partial charge is 0.416 e. The summed E-state index contributed by atoms with van der Waals surface area (Å²) in [6.07, 6.45) is -1.67. The number of alkyl halides is 3. The van der Waals surface area contributed by atoms with Crippen molar-refractivity contribution in [1.82, 2.24) is 4.98 Å². The van der Waals surface area contributed by atoms with Crippen LogP contribution in [0.3, 0.4) is 0 Å². The van der Waals surface area contributed by atoms with Gasteiger partial charge in [-0.25, -0.2) is 4.98 Å². The van der Waals surface area contributed by atoms with Gasteiger partial charge in [0.1, 0.15) is 12.3 Å². The van der Waals surface area contributed by atoms with Crippen LogP contribution >= 0.6 is 0 Å². The molecule has 1 unspecified atom stereocenters. The normalized spacial score (nSPS) is 12.9. The SMILES string of the molecule is C.NC(c1cccc(C(F)(F)F)c1)c1ncco1. The minimum Gasteiger partial charge on any atom is -0.447 e. The van der Waals surface area contributed by atoms with E-state index in [1.54, 1.807) is 0 Å². The molecule has 0 saturated heterocycles. The standard InChI is InChI=1S/C11H9F3N2O.CH4/c12-11(13,14)8-3-1-2-7(6-8)9(15)10-16-4-5-17-10;/h1-6,9H,15H2;1H4. The highest BCUT2D eigenvalue weighted by Gasteiger charge is 2.31. The van der Waals surface area contributed by atoms with E-state index >= 15 is 0 Å². The first-order valence-corrected chi connectivity index (χ1v) is 4.80. The molecule has 0 aliphatic heterocycles. The van der Waals surface area contributed by atoms with E-state index in [1.165, 1.54) is 24.6 Å². The van der Waals surface area contributed by atoms with Gasteiger partial charge in [-0.05, 0) is 17.7 Å². The molecule has 2 N–H and O–H groups in total. The molecule has 0 radical (unpaired) electrons. The summed E-state index contributed by atoms with van der Waals surface area (Å²) in [6.45, 7) is 0. The molecule has 0 aliphatic carbocycles. The summed E-state index contributed by atoms with van der Waals surface area (Å²) in [7, 11) is 0. The third-order valence-corrected chi connectivity index (χ3v) is 2.29. The van der Waals surface area contributed by atoms with E-state index in [0.29, 0.717) is 5.56 Å². The van der Waals surface area contributed by atoms with E-state index in [9.17, 15) is 13.2 Å². The second kappa shape index (κ2) is 5.22. The van der Waals surface area contributed by atoms with Crippen LogP contribution < -0.4 is 5.73 Å². The molecule has 98 valence electrons. The molecular weight excluding hydrogens is 245 g/mol. The van der Waals surface area contributed by atoms with E-state index in [1.807, 2.05) is 0 Å². The lowest BCUT2D eigenvalue weighted by atomic mass is 10.0. The van der Waals surface area contributed by atoms with Crippen LogP contribution in [-0.4, -0.2) is 4.98 Å². The zero-order valence-corrected chi connectivity index (χ0v) is 8.61. The predicted molar refractivity (Wildman–Crippen MR) is 60.7 cm³/mol. The number of aromatic nitrogens is 1. The van der Waals surface area contributed by atoms with Crippen LogP contribution in [0.2, 0.25) is 0 Å². The van der Waals surface area contributed by atoms with E-state index in [-0.39, 0.29) is 13.3 Å². The maximum absolute atomic E-state index is 12.5. The Kier molecular flexibility index (Phi) is 4.13. The Bertz CT molecular complexity index is 494. The average molecular weight is 258 g/mol. The fourth-order valence-electron chi connectivity index (χ4n) is 1.44. The van der Waals surface area contributed by atoms with Gasteiger partial charge < -0.3 is 10.2 Å². The third kappa shape index (κ3) is 2.89. The van der Waals surface area contributed by atoms with Crippen molar-refractivity contribution in [3.63, 3.8) is 0 Å². The van der Waals surface area contributed by atoms with E-state index in [2.05, 4.69) is 4.98 Å². The summed E-state index contributed by atoms with van der Waals surface area (Å²) in [5, 5.41) is 0. The van der Waals surface area contributed by atoms with Gasteiger partial charge in [-0.2, -0.15) is 13.2 Å². The Balaban J connectivity index is 0.00000162. The van der Waals surface area contributed by atoms with E-state index < -0.39 is 17.8 Å². The van der Waals surface area contributed by atoms with E-state index in [0.717, 1.165) is 12.1 Å². The molecule has 0 amide bonds. The first kappa shape index (κ1) is 14.2. The molecule has 1 aromatic heterocycles. The van der Waals surface area contributed by atoms with Gasteiger partial charge in [0.2, 0.25) is 5.89 Å². The molecule has 0 bridgehead atoms. The molecule has 2 aromatic rings. The van der Waals surface area contributed by atoms with E-state index in [4.69, 9.17) is 10.2 Å². The molecule has 3 nitrogen and oxygen atoms in total. The van der Waals surface area contributed by atoms with Gasteiger partial charge in [0.25, 0.3) is 0 Å². The molecular formula is C12H13F3N2O. The van der Waals surface area contributed by atoms with Crippen LogP contribution in [0.15, 0.2) is 41.1 Å². The highest BCUT2D eigenvalue weighted by molar-refractivity contribution is 5.30. The van der Waals surface area contributed by atoms with Crippen molar-refractivity contribution in [2.75, 3.05) is 0 Å². The van der Waals surface area contributed by atoms with Gasteiger partial charge in [0.05, 0.1) is 11.8 Å². The molecule has 0 saturated carbocycles. The third-order valence-electron chi connectivity index (χ3n) is 2.29. The maximum Gasteiger partial charge on any atom is 0.416 e.